The van der Waals surface area contributed by atoms with Crippen molar-refractivity contribution >= 4 is 33.3 Å². The van der Waals surface area contributed by atoms with E-state index in [1.165, 1.54) is 23.5 Å². The number of hydrazine groups is 1. The van der Waals surface area contributed by atoms with Crippen molar-refractivity contribution in [3.8, 4) is 0 Å². The first-order valence-corrected chi connectivity index (χ1v) is 7.34. The van der Waals surface area contributed by atoms with E-state index in [0.717, 1.165) is 21.6 Å². The molecule has 4 N–H and O–H groups in total. The van der Waals surface area contributed by atoms with Crippen molar-refractivity contribution in [3.05, 3.63) is 47.1 Å². The molecule has 0 saturated carbocycles. The minimum Gasteiger partial charge on any atom is -0.369 e. The Bertz CT molecular complexity index is 758. The number of halogens is 1. The Morgan fingerprint density at radius 3 is 2.95 bits per heavy atom. The summed E-state index contributed by atoms with van der Waals surface area (Å²) in [6.45, 7) is 0.648. The van der Waals surface area contributed by atoms with E-state index in [-0.39, 0.29) is 5.82 Å². The van der Waals surface area contributed by atoms with Crippen molar-refractivity contribution in [1.29, 1.82) is 0 Å². The molecule has 0 spiro atoms. The van der Waals surface area contributed by atoms with Crippen LogP contribution in [0, 0.1) is 5.82 Å². The normalized spacial score (nSPS) is 10.8. The van der Waals surface area contributed by atoms with Gasteiger partial charge in [0.1, 0.15) is 16.5 Å². The molecule has 0 amide bonds. The zero-order valence-corrected chi connectivity index (χ0v) is 12.0. The predicted octanol–water partition coefficient (Wildman–Crippen LogP) is 2.77. The van der Waals surface area contributed by atoms with E-state index in [2.05, 4.69) is 20.7 Å². The minimum absolute atomic E-state index is 0.218. The molecular formula is C14H14FN5S. The van der Waals surface area contributed by atoms with Gasteiger partial charge in [-0.3, -0.25) is 5.43 Å². The summed E-state index contributed by atoms with van der Waals surface area (Å²) < 4.78 is 13.1. The molecule has 0 aliphatic heterocycles. The summed E-state index contributed by atoms with van der Waals surface area (Å²) in [5, 5.41) is 6.17. The predicted molar refractivity (Wildman–Crippen MR) is 83.8 cm³/mol. The molecule has 0 radical (unpaired) electrons. The molecule has 0 aliphatic rings. The lowest BCUT2D eigenvalue weighted by molar-refractivity contribution is 0.625. The second kappa shape index (κ2) is 6.02. The fourth-order valence-corrected chi connectivity index (χ4v) is 2.84. The number of rotatable bonds is 5. The lowest BCUT2D eigenvalue weighted by Gasteiger charge is -2.08. The van der Waals surface area contributed by atoms with E-state index in [0.29, 0.717) is 18.9 Å². The Kier molecular flexibility index (Phi) is 3.94. The molecular weight excluding hydrogens is 289 g/mol. The molecule has 0 saturated heterocycles. The highest BCUT2D eigenvalue weighted by Gasteiger charge is 2.08. The molecule has 0 bridgehead atoms. The highest BCUT2D eigenvalue weighted by Crippen LogP contribution is 2.26. The number of nitrogens with zero attached hydrogens (tertiary/aromatic N) is 2. The Morgan fingerprint density at radius 1 is 1.24 bits per heavy atom. The average Bonchev–Trinajstić information content (AvgIpc) is 2.95. The maximum atomic E-state index is 13.1. The molecule has 0 unspecified atom stereocenters. The van der Waals surface area contributed by atoms with Crippen molar-refractivity contribution in [2.75, 3.05) is 17.3 Å². The third kappa shape index (κ3) is 3.09. The van der Waals surface area contributed by atoms with Crippen LogP contribution < -0.4 is 16.6 Å². The first-order chi connectivity index (χ1) is 10.3. The molecule has 0 fully saturated rings. The fourth-order valence-electron chi connectivity index (χ4n) is 2.07. The van der Waals surface area contributed by atoms with E-state index < -0.39 is 0 Å². The zero-order chi connectivity index (χ0) is 14.7. The van der Waals surface area contributed by atoms with E-state index in [4.69, 9.17) is 5.84 Å². The van der Waals surface area contributed by atoms with E-state index in [1.807, 2.05) is 17.5 Å². The van der Waals surface area contributed by atoms with E-state index in [9.17, 15) is 4.39 Å². The molecule has 2 heterocycles. The number of aromatic nitrogens is 2. The highest BCUT2D eigenvalue weighted by atomic mass is 32.1. The summed E-state index contributed by atoms with van der Waals surface area (Å²) in [5.41, 5.74) is 3.40. The van der Waals surface area contributed by atoms with Crippen LogP contribution in [-0.4, -0.2) is 16.5 Å². The van der Waals surface area contributed by atoms with Crippen molar-refractivity contribution < 1.29 is 4.39 Å². The number of anilines is 2. The van der Waals surface area contributed by atoms with Gasteiger partial charge in [0, 0.05) is 6.54 Å². The van der Waals surface area contributed by atoms with Crippen molar-refractivity contribution in [2.45, 2.75) is 6.42 Å². The van der Waals surface area contributed by atoms with Gasteiger partial charge in [0.2, 0.25) is 5.95 Å². The SMILES string of the molecule is NNc1nc(NCCc2cccc(F)c2)c2ccsc2n1. The number of hydrogen-bond acceptors (Lipinski definition) is 6. The number of nitrogens with one attached hydrogen (secondary N) is 2. The van der Waals surface area contributed by atoms with Crippen LogP contribution in [0.4, 0.5) is 16.2 Å². The van der Waals surface area contributed by atoms with Gasteiger partial charge in [0.25, 0.3) is 0 Å². The number of benzene rings is 1. The summed E-state index contributed by atoms with van der Waals surface area (Å²) >= 11 is 1.53. The average molecular weight is 303 g/mol. The molecule has 1 aromatic carbocycles. The van der Waals surface area contributed by atoms with Crippen LogP contribution in [0.2, 0.25) is 0 Å². The zero-order valence-electron chi connectivity index (χ0n) is 11.1. The summed E-state index contributed by atoms with van der Waals surface area (Å²) in [5.74, 6) is 6.26. The van der Waals surface area contributed by atoms with Gasteiger partial charge in [0.05, 0.1) is 5.39 Å². The van der Waals surface area contributed by atoms with Gasteiger partial charge in [-0.2, -0.15) is 4.98 Å². The van der Waals surface area contributed by atoms with Crippen molar-refractivity contribution in [1.82, 2.24) is 9.97 Å². The van der Waals surface area contributed by atoms with Crippen molar-refractivity contribution in [3.63, 3.8) is 0 Å². The first-order valence-electron chi connectivity index (χ1n) is 6.46. The summed E-state index contributed by atoms with van der Waals surface area (Å²) in [6.07, 6.45) is 0.707. The van der Waals surface area contributed by atoms with Crippen LogP contribution >= 0.6 is 11.3 Å². The van der Waals surface area contributed by atoms with Gasteiger partial charge in [0.15, 0.2) is 0 Å². The van der Waals surface area contributed by atoms with Gasteiger partial charge < -0.3 is 5.32 Å². The molecule has 5 nitrogen and oxygen atoms in total. The minimum atomic E-state index is -0.218. The summed E-state index contributed by atoms with van der Waals surface area (Å²) in [6, 6.07) is 8.55. The van der Waals surface area contributed by atoms with Gasteiger partial charge in [-0.05, 0) is 35.6 Å². The first kappa shape index (κ1) is 13.7. The molecule has 0 aliphatic carbocycles. The number of thiophene rings is 1. The van der Waals surface area contributed by atoms with Crippen molar-refractivity contribution in [2.24, 2.45) is 5.84 Å². The quantitative estimate of drug-likeness (QED) is 0.499. The third-order valence-corrected chi connectivity index (χ3v) is 3.86. The Hall–Kier alpha value is -2.25. The highest BCUT2D eigenvalue weighted by molar-refractivity contribution is 7.16. The van der Waals surface area contributed by atoms with Crippen LogP contribution in [0.15, 0.2) is 35.7 Å². The maximum Gasteiger partial charge on any atom is 0.240 e. The largest absolute Gasteiger partial charge is 0.369 e. The third-order valence-electron chi connectivity index (χ3n) is 3.05. The van der Waals surface area contributed by atoms with Crippen LogP contribution in [0.1, 0.15) is 5.56 Å². The topological polar surface area (TPSA) is 75.9 Å². The molecule has 21 heavy (non-hydrogen) atoms. The molecule has 2 aromatic heterocycles. The number of nitrogen functional groups attached to an aromatic ring is 1. The van der Waals surface area contributed by atoms with E-state index in [1.54, 1.807) is 6.07 Å². The monoisotopic (exact) mass is 303 g/mol. The summed E-state index contributed by atoms with van der Waals surface area (Å²) in [4.78, 5) is 9.46. The smallest absolute Gasteiger partial charge is 0.240 e. The van der Waals surface area contributed by atoms with Gasteiger partial charge in [-0.15, -0.1) is 11.3 Å². The second-order valence-electron chi connectivity index (χ2n) is 4.49. The van der Waals surface area contributed by atoms with E-state index >= 15 is 0 Å². The van der Waals surface area contributed by atoms with Crippen LogP contribution in [0.25, 0.3) is 10.2 Å². The lowest BCUT2D eigenvalue weighted by atomic mass is 10.1. The second-order valence-corrected chi connectivity index (χ2v) is 5.38. The number of fused-ring (bicyclic) bond motifs is 1. The standard InChI is InChI=1S/C14H14FN5S/c15-10-3-1-2-9(8-10)4-6-17-12-11-5-7-21-13(11)19-14(18-12)20-16/h1-3,5,7-8H,4,6,16H2,(H2,17,18,19,20). The molecule has 3 aromatic rings. The number of nitrogens with two attached hydrogens (primary N) is 1. The van der Waals surface area contributed by atoms with Gasteiger partial charge >= 0.3 is 0 Å². The van der Waals surface area contributed by atoms with Gasteiger partial charge in [-0.1, -0.05) is 12.1 Å². The van der Waals surface area contributed by atoms with Crippen LogP contribution in [-0.2, 0) is 6.42 Å². The Balaban J connectivity index is 1.74. The van der Waals surface area contributed by atoms with Crippen LogP contribution in [0.3, 0.4) is 0 Å². The Labute approximate surface area is 125 Å². The lowest BCUT2D eigenvalue weighted by Crippen LogP contribution is -2.13. The Morgan fingerprint density at radius 2 is 2.14 bits per heavy atom. The molecule has 0 atom stereocenters. The fraction of sp³-hybridized carbons (Fsp3) is 0.143. The van der Waals surface area contributed by atoms with Crippen LogP contribution in [0.5, 0.6) is 0 Å². The van der Waals surface area contributed by atoms with Gasteiger partial charge in [-0.25, -0.2) is 15.2 Å². The molecule has 7 heteroatoms. The molecule has 108 valence electrons. The summed E-state index contributed by atoms with van der Waals surface area (Å²) in [7, 11) is 0. The molecule has 3 rings (SSSR count). The maximum absolute atomic E-state index is 13.1. The number of hydrogen-bond donors (Lipinski definition) is 3.